The minimum absolute atomic E-state index is 0.00324. The van der Waals surface area contributed by atoms with Gasteiger partial charge in [-0.2, -0.15) is 0 Å². The second kappa shape index (κ2) is 11.4. The quantitative estimate of drug-likeness (QED) is 0.254. The molecule has 0 unspecified atom stereocenters. The van der Waals surface area contributed by atoms with E-state index in [1.54, 1.807) is 23.1 Å². The Morgan fingerprint density at radius 3 is 2.64 bits per heavy atom. The summed E-state index contributed by atoms with van der Waals surface area (Å²) in [5.41, 5.74) is 0.511. The molecule has 0 aliphatic carbocycles. The Morgan fingerprint density at radius 2 is 1.93 bits per heavy atom. The van der Waals surface area contributed by atoms with Crippen LogP contribution in [0.3, 0.4) is 0 Å². The molecule has 0 atom stereocenters. The van der Waals surface area contributed by atoms with Gasteiger partial charge in [0.2, 0.25) is 5.96 Å². The van der Waals surface area contributed by atoms with Gasteiger partial charge in [-0.15, -0.1) is 10.1 Å². The zero-order valence-corrected chi connectivity index (χ0v) is 16.1. The molecule has 154 valence electrons. The van der Waals surface area contributed by atoms with Crippen LogP contribution >= 0.6 is 23.2 Å². The molecule has 1 N–H and O–H groups in total. The largest absolute Gasteiger partial charge is 0.510 e. The van der Waals surface area contributed by atoms with Crippen molar-refractivity contribution < 1.29 is 28.9 Å². The number of carbonyl (C=O) groups excluding carboxylic acids is 1. The van der Waals surface area contributed by atoms with Gasteiger partial charge in [-0.05, 0) is 12.1 Å². The van der Waals surface area contributed by atoms with Crippen molar-refractivity contribution in [1.82, 2.24) is 4.90 Å². The molecule has 1 aromatic rings. The lowest BCUT2D eigenvalue weighted by molar-refractivity contribution is -0.758. The van der Waals surface area contributed by atoms with Crippen LogP contribution in [-0.4, -0.2) is 68.3 Å². The van der Waals surface area contributed by atoms with Crippen molar-refractivity contribution in [3.8, 4) is 0 Å². The van der Waals surface area contributed by atoms with Crippen LogP contribution in [0.1, 0.15) is 0 Å². The van der Waals surface area contributed by atoms with Gasteiger partial charge in [0.25, 0.3) is 5.09 Å². The van der Waals surface area contributed by atoms with E-state index < -0.39 is 11.2 Å². The minimum atomic E-state index is -0.915. The Labute approximate surface area is 170 Å². The fraction of sp³-hybridized carbons (Fsp3) is 0.467. The Hall–Kier alpha value is -2.50. The summed E-state index contributed by atoms with van der Waals surface area (Å²) in [6, 6.07) is 5.10. The Bertz CT molecular complexity index is 699. The molecule has 1 heterocycles. The molecular weight excluding hydrogens is 419 g/mol. The predicted octanol–water partition coefficient (Wildman–Crippen LogP) is 2.41. The molecule has 13 heteroatoms. The van der Waals surface area contributed by atoms with Crippen molar-refractivity contribution in [2.75, 3.05) is 51.6 Å². The zero-order chi connectivity index (χ0) is 20.4. The third kappa shape index (κ3) is 7.25. The third-order valence-corrected chi connectivity index (χ3v) is 3.97. The van der Waals surface area contributed by atoms with Gasteiger partial charge in [-0.1, -0.05) is 29.3 Å². The number of rotatable bonds is 10. The zero-order valence-electron chi connectivity index (χ0n) is 14.6. The van der Waals surface area contributed by atoms with E-state index in [0.717, 1.165) is 0 Å². The number of halogens is 2. The van der Waals surface area contributed by atoms with Crippen LogP contribution in [0.2, 0.25) is 10.0 Å². The molecule has 0 radical (unpaired) electrons. The van der Waals surface area contributed by atoms with E-state index in [4.69, 9.17) is 37.4 Å². The van der Waals surface area contributed by atoms with E-state index in [1.807, 2.05) is 0 Å². The van der Waals surface area contributed by atoms with E-state index in [9.17, 15) is 14.9 Å². The predicted molar refractivity (Wildman–Crippen MR) is 100 cm³/mol. The van der Waals surface area contributed by atoms with E-state index >= 15 is 0 Å². The first-order chi connectivity index (χ1) is 13.5. The maximum absolute atomic E-state index is 11.6. The molecule has 1 aromatic carbocycles. The van der Waals surface area contributed by atoms with E-state index in [0.29, 0.717) is 34.8 Å². The summed E-state index contributed by atoms with van der Waals surface area (Å²) in [6.45, 7) is 0.773. The number of guanidine groups is 1. The van der Waals surface area contributed by atoms with Crippen LogP contribution in [-0.2, 0) is 19.0 Å². The lowest BCUT2D eigenvalue weighted by Crippen LogP contribution is -2.36. The first-order valence-corrected chi connectivity index (χ1v) is 8.88. The molecule has 0 bridgehead atoms. The van der Waals surface area contributed by atoms with Gasteiger partial charge in [0, 0.05) is 6.54 Å². The smallest absolute Gasteiger partial charge is 0.432 e. The van der Waals surface area contributed by atoms with E-state index in [2.05, 4.69) is 15.1 Å². The number of benzene rings is 1. The number of para-hydroxylation sites is 1. The fourth-order valence-corrected chi connectivity index (χ4v) is 2.58. The lowest BCUT2D eigenvalue weighted by Gasteiger charge is -2.21. The molecule has 11 nitrogen and oxygen atoms in total. The number of aliphatic imine (C=N–C) groups is 1. The Morgan fingerprint density at radius 1 is 1.21 bits per heavy atom. The maximum Gasteiger partial charge on any atom is 0.510 e. The van der Waals surface area contributed by atoms with Gasteiger partial charge in [0.05, 0.1) is 35.5 Å². The second-order valence-electron chi connectivity index (χ2n) is 5.23. The third-order valence-electron chi connectivity index (χ3n) is 3.34. The summed E-state index contributed by atoms with van der Waals surface area (Å²) < 4.78 is 14.8. The van der Waals surface area contributed by atoms with Gasteiger partial charge in [-0.3, -0.25) is 4.99 Å². The summed E-state index contributed by atoms with van der Waals surface area (Å²) in [7, 11) is 0. The molecule has 1 aliphatic heterocycles. The van der Waals surface area contributed by atoms with Crippen molar-refractivity contribution in [2.24, 2.45) is 4.99 Å². The first kappa shape index (κ1) is 21.8. The van der Waals surface area contributed by atoms with Crippen molar-refractivity contribution in [1.29, 1.82) is 0 Å². The standard InChI is InChI=1S/C15H18Cl2N4O7/c16-11-2-1-3-12(17)13(11)19-14-18-4-5-20(14)10-27-15(22)26-8-6-25-7-9-28-21(23)24/h1-3H,4-10H2,(H,18,19). The van der Waals surface area contributed by atoms with Crippen LogP contribution in [0.5, 0.6) is 0 Å². The average Bonchev–Trinajstić information content (AvgIpc) is 3.09. The summed E-state index contributed by atoms with van der Waals surface area (Å²) in [4.78, 5) is 31.6. The van der Waals surface area contributed by atoms with E-state index in [-0.39, 0.29) is 33.2 Å². The van der Waals surface area contributed by atoms with Gasteiger partial charge >= 0.3 is 6.16 Å². The van der Waals surface area contributed by atoms with Crippen LogP contribution in [0.25, 0.3) is 0 Å². The van der Waals surface area contributed by atoms with Crippen LogP contribution in [0, 0.1) is 10.1 Å². The van der Waals surface area contributed by atoms with Crippen molar-refractivity contribution in [3.05, 3.63) is 38.4 Å². The van der Waals surface area contributed by atoms with Crippen molar-refractivity contribution in [3.63, 3.8) is 0 Å². The topological polar surface area (TPSA) is 125 Å². The maximum atomic E-state index is 11.6. The fourth-order valence-electron chi connectivity index (χ4n) is 2.08. The normalized spacial score (nSPS) is 13.1. The summed E-state index contributed by atoms with van der Waals surface area (Å²) in [6.07, 6.45) is -0.882. The number of hydrogen-bond acceptors (Lipinski definition) is 10. The highest BCUT2D eigenvalue weighted by molar-refractivity contribution is 6.39. The van der Waals surface area contributed by atoms with Gasteiger partial charge in [0.1, 0.15) is 13.2 Å². The molecule has 0 saturated heterocycles. The Kier molecular flexibility index (Phi) is 8.85. The van der Waals surface area contributed by atoms with Crippen molar-refractivity contribution in [2.45, 2.75) is 0 Å². The number of anilines is 1. The minimum Gasteiger partial charge on any atom is -0.432 e. The van der Waals surface area contributed by atoms with Crippen molar-refractivity contribution >= 4 is 41.0 Å². The van der Waals surface area contributed by atoms with E-state index in [1.165, 1.54) is 0 Å². The highest BCUT2D eigenvalue weighted by Crippen LogP contribution is 2.30. The molecule has 0 saturated carbocycles. The lowest BCUT2D eigenvalue weighted by atomic mass is 10.3. The molecule has 2 rings (SSSR count). The molecular formula is C15H18Cl2N4O7. The molecule has 0 aromatic heterocycles. The highest BCUT2D eigenvalue weighted by atomic mass is 35.5. The summed E-state index contributed by atoms with van der Waals surface area (Å²) in [5, 5.41) is 12.9. The van der Waals surface area contributed by atoms with Gasteiger partial charge < -0.3 is 29.3 Å². The summed E-state index contributed by atoms with van der Waals surface area (Å²) in [5.74, 6) is 0.469. The van der Waals surface area contributed by atoms with Gasteiger partial charge in [-0.25, -0.2) is 4.79 Å². The number of ether oxygens (including phenoxy) is 3. The number of carbonyl (C=O) groups is 1. The average molecular weight is 437 g/mol. The van der Waals surface area contributed by atoms with Gasteiger partial charge in [0.15, 0.2) is 6.73 Å². The molecule has 0 fully saturated rings. The molecule has 28 heavy (non-hydrogen) atoms. The molecule has 0 amide bonds. The summed E-state index contributed by atoms with van der Waals surface area (Å²) >= 11 is 12.2. The van der Waals surface area contributed by atoms with Crippen LogP contribution < -0.4 is 5.32 Å². The molecule has 0 spiro atoms. The first-order valence-electron chi connectivity index (χ1n) is 8.12. The van der Waals surface area contributed by atoms with Crippen LogP contribution in [0.4, 0.5) is 10.5 Å². The molecule has 1 aliphatic rings. The highest BCUT2D eigenvalue weighted by Gasteiger charge is 2.20. The monoisotopic (exact) mass is 436 g/mol. The number of nitrogens with one attached hydrogen (secondary N) is 1. The number of nitrogens with zero attached hydrogens (tertiary/aromatic N) is 3. The second-order valence-corrected chi connectivity index (χ2v) is 6.05. The SMILES string of the molecule is O=C(OCCOCCO[N+](=O)[O-])OCN1CCN=C1Nc1c(Cl)cccc1Cl. The Balaban J connectivity index is 1.66. The number of hydrogen-bond donors (Lipinski definition) is 1. The van der Waals surface area contributed by atoms with Crippen LogP contribution in [0.15, 0.2) is 23.2 Å².